The largest absolute Gasteiger partial charge is 0.319 e. The Balaban J connectivity index is 0. The van der Waals surface area contributed by atoms with Crippen molar-refractivity contribution in [2.75, 3.05) is 13.6 Å². The number of hydrogen-bond donors (Lipinski definition) is 1. The van der Waals surface area contributed by atoms with Crippen molar-refractivity contribution < 1.29 is 0 Å². The molecule has 0 aliphatic heterocycles. The molecule has 0 saturated carbocycles. The highest BCUT2D eigenvalue weighted by Crippen LogP contribution is 2.03. The van der Waals surface area contributed by atoms with Crippen LogP contribution < -0.4 is 5.32 Å². The fourth-order valence-electron chi connectivity index (χ4n) is 0.869. The molecule has 0 aliphatic carbocycles. The van der Waals surface area contributed by atoms with Gasteiger partial charge in [-0.1, -0.05) is 18.6 Å². The lowest BCUT2D eigenvalue weighted by atomic mass is 10.1. The van der Waals surface area contributed by atoms with Crippen LogP contribution in [-0.2, 0) is 0 Å². The Morgan fingerprint density at radius 2 is 2.00 bits per heavy atom. The van der Waals surface area contributed by atoms with Crippen LogP contribution in [0.1, 0.15) is 27.2 Å². The molecule has 1 atom stereocenters. The Kier molecular flexibility index (Phi) is 9.98. The number of nitrogens with one attached hydrogen (secondary N) is 1. The van der Waals surface area contributed by atoms with Gasteiger partial charge in [-0.15, -0.1) is 12.4 Å². The molecule has 0 radical (unpaired) electrons. The molecule has 1 N–H and O–H groups in total. The molecule has 0 heterocycles. The summed E-state index contributed by atoms with van der Waals surface area (Å²) < 4.78 is 0. The third kappa shape index (κ3) is 9.99. The number of allylic oxidation sites excluding steroid dienone is 2. The summed E-state index contributed by atoms with van der Waals surface area (Å²) in [6, 6.07) is 0. The van der Waals surface area contributed by atoms with Crippen LogP contribution in [0.3, 0.4) is 0 Å². The summed E-state index contributed by atoms with van der Waals surface area (Å²) in [5, 5.41) is 3.16. The van der Waals surface area contributed by atoms with Gasteiger partial charge in [0.05, 0.1) is 0 Å². The van der Waals surface area contributed by atoms with Gasteiger partial charge in [-0.2, -0.15) is 0 Å². The van der Waals surface area contributed by atoms with Crippen molar-refractivity contribution in [1.82, 2.24) is 5.32 Å². The highest BCUT2D eigenvalue weighted by molar-refractivity contribution is 5.85. The monoisotopic (exact) mass is 177 g/mol. The number of hydrogen-bond acceptors (Lipinski definition) is 1. The zero-order valence-electron chi connectivity index (χ0n) is 7.98. The lowest BCUT2D eigenvalue weighted by Gasteiger charge is -2.06. The first kappa shape index (κ1) is 13.6. The van der Waals surface area contributed by atoms with Crippen LogP contribution in [0.4, 0.5) is 0 Å². The summed E-state index contributed by atoms with van der Waals surface area (Å²) in [5.74, 6) is 0.764. The molecule has 1 nitrogen and oxygen atoms in total. The van der Waals surface area contributed by atoms with Gasteiger partial charge in [0, 0.05) is 0 Å². The molecule has 11 heavy (non-hydrogen) atoms. The van der Waals surface area contributed by atoms with Gasteiger partial charge in [0.15, 0.2) is 0 Å². The van der Waals surface area contributed by atoms with E-state index in [1.807, 2.05) is 7.05 Å². The van der Waals surface area contributed by atoms with Crippen molar-refractivity contribution in [2.24, 2.45) is 5.92 Å². The molecule has 0 bridgehead atoms. The van der Waals surface area contributed by atoms with Crippen molar-refractivity contribution in [2.45, 2.75) is 27.2 Å². The highest BCUT2D eigenvalue weighted by atomic mass is 35.5. The molecule has 0 saturated heterocycles. The van der Waals surface area contributed by atoms with E-state index in [0.29, 0.717) is 0 Å². The predicted molar refractivity (Wildman–Crippen MR) is 54.4 cm³/mol. The van der Waals surface area contributed by atoms with Gasteiger partial charge in [0.2, 0.25) is 0 Å². The van der Waals surface area contributed by atoms with E-state index in [-0.39, 0.29) is 12.4 Å². The van der Waals surface area contributed by atoms with Crippen molar-refractivity contribution in [1.29, 1.82) is 0 Å². The van der Waals surface area contributed by atoms with Crippen LogP contribution in [0.2, 0.25) is 0 Å². The highest BCUT2D eigenvalue weighted by Gasteiger charge is 1.95. The SMILES string of the molecule is CNCC(C)CC=C(C)C.Cl. The molecule has 0 aromatic rings. The number of halogens is 1. The molecule has 0 spiro atoms. The second-order valence-electron chi connectivity index (χ2n) is 3.18. The Hall–Kier alpha value is -0.0100. The smallest absolute Gasteiger partial charge is 0.00232 e. The molecule has 68 valence electrons. The Morgan fingerprint density at radius 1 is 1.45 bits per heavy atom. The fraction of sp³-hybridized carbons (Fsp3) is 0.778. The molecule has 0 aromatic carbocycles. The molecule has 0 amide bonds. The summed E-state index contributed by atoms with van der Waals surface area (Å²) in [5.41, 5.74) is 1.42. The van der Waals surface area contributed by atoms with E-state index in [1.54, 1.807) is 0 Å². The first-order valence-corrected chi connectivity index (χ1v) is 3.94. The minimum Gasteiger partial charge on any atom is -0.319 e. The molecule has 1 unspecified atom stereocenters. The van der Waals surface area contributed by atoms with Crippen molar-refractivity contribution >= 4 is 12.4 Å². The lowest BCUT2D eigenvalue weighted by molar-refractivity contribution is 0.550. The van der Waals surface area contributed by atoms with Crippen molar-refractivity contribution in [3.63, 3.8) is 0 Å². The normalized spacial score (nSPS) is 11.6. The summed E-state index contributed by atoms with van der Waals surface area (Å²) in [6.45, 7) is 7.66. The maximum Gasteiger partial charge on any atom is -0.00232 e. The molecule has 0 rings (SSSR count). The molecular formula is C9H20ClN. The topological polar surface area (TPSA) is 12.0 Å². The molecule has 0 aliphatic rings. The van der Waals surface area contributed by atoms with Gasteiger partial charge in [-0.05, 0) is 39.8 Å². The van der Waals surface area contributed by atoms with Crippen LogP contribution in [0.25, 0.3) is 0 Å². The molecule has 0 aromatic heterocycles. The lowest BCUT2D eigenvalue weighted by Crippen LogP contribution is -2.15. The van der Waals surface area contributed by atoms with Gasteiger partial charge in [0.25, 0.3) is 0 Å². The van der Waals surface area contributed by atoms with Crippen LogP contribution in [-0.4, -0.2) is 13.6 Å². The van der Waals surface area contributed by atoms with Crippen molar-refractivity contribution in [3.8, 4) is 0 Å². The molecule has 0 fully saturated rings. The van der Waals surface area contributed by atoms with Crippen LogP contribution in [0, 0.1) is 5.92 Å². The first-order chi connectivity index (χ1) is 4.66. The number of rotatable bonds is 4. The first-order valence-electron chi connectivity index (χ1n) is 3.94. The van der Waals surface area contributed by atoms with E-state index in [9.17, 15) is 0 Å². The minimum absolute atomic E-state index is 0. The minimum atomic E-state index is 0. The van der Waals surface area contributed by atoms with Crippen molar-refractivity contribution in [3.05, 3.63) is 11.6 Å². The summed E-state index contributed by atoms with van der Waals surface area (Å²) in [4.78, 5) is 0. The summed E-state index contributed by atoms with van der Waals surface area (Å²) >= 11 is 0. The standard InChI is InChI=1S/C9H19N.ClH/c1-8(2)5-6-9(3)7-10-4;/h5,9-10H,6-7H2,1-4H3;1H. The third-order valence-electron chi connectivity index (χ3n) is 1.48. The Labute approximate surface area is 76.7 Å². The van der Waals surface area contributed by atoms with E-state index >= 15 is 0 Å². The van der Waals surface area contributed by atoms with Gasteiger partial charge in [-0.25, -0.2) is 0 Å². The van der Waals surface area contributed by atoms with Crippen LogP contribution >= 0.6 is 12.4 Å². The van der Waals surface area contributed by atoms with E-state index in [2.05, 4.69) is 32.2 Å². The maximum absolute atomic E-state index is 3.16. The molecular weight excluding hydrogens is 158 g/mol. The van der Waals surface area contributed by atoms with E-state index < -0.39 is 0 Å². The molecule has 2 heteroatoms. The predicted octanol–water partition coefficient (Wildman–Crippen LogP) is 2.62. The van der Waals surface area contributed by atoms with E-state index in [0.717, 1.165) is 12.5 Å². The van der Waals surface area contributed by atoms with Gasteiger partial charge in [0.1, 0.15) is 0 Å². The summed E-state index contributed by atoms with van der Waals surface area (Å²) in [7, 11) is 2.00. The second-order valence-corrected chi connectivity index (χ2v) is 3.18. The second kappa shape index (κ2) is 8.09. The third-order valence-corrected chi connectivity index (χ3v) is 1.48. The maximum atomic E-state index is 3.16. The van der Waals surface area contributed by atoms with Crippen LogP contribution in [0.15, 0.2) is 11.6 Å². The van der Waals surface area contributed by atoms with Gasteiger partial charge < -0.3 is 5.32 Å². The van der Waals surface area contributed by atoms with Gasteiger partial charge in [-0.3, -0.25) is 0 Å². The zero-order chi connectivity index (χ0) is 7.98. The average molecular weight is 178 g/mol. The Bertz CT molecular complexity index is 106. The quantitative estimate of drug-likeness (QED) is 0.652. The van der Waals surface area contributed by atoms with E-state index in [1.165, 1.54) is 12.0 Å². The van der Waals surface area contributed by atoms with E-state index in [4.69, 9.17) is 0 Å². The average Bonchev–Trinajstić information content (AvgIpc) is 1.85. The van der Waals surface area contributed by atoms with Crippen LogP contribution in [0.5, 0.6) is 0 Å². The Morgan fingerprint density at radius 3 is 2.36 bits per heavy atom. The van der Waals surface area contributed by atoms with Gasteiger partial charge >= 0.3 is 0 Å². The summed E-state index contributed by atoms with van der Waals surface area (Å²) in [6.07, 6.45) is 3.49. The zero-order valence-corrected chi connectivity index (χ0v) is 8.79. The fourth-order valence-corrected chi connectivity index (χ4v) is 0.869.